The lowest BCUT2D eigenvalue weighted by Gasteiger charge is -2.34. The highest BCUT2D eigenvalue weighted by Crippen LogP contribution is 2.29. The van der Waals surface area contributed by atoms with Gasteiger partial charge < -0.3 is 25.2 Å². The van der Waals surface area contributed by atoms with E-state index in [-0.39, 0.29) is 17.6 Å². The van der Waals surface area contributed by atoms with Gasteiger partial charge in [-0.05, 0) is 56.4 Å². The largest absolute Gasteiger partial charge is 0.494 e. The summed E-state index contributed by atoms with van der Waals surface area (Å²) in [6.45, 7) is 5.91. The molecule has 0 spiro atoms. The number of benzene rings is 3. The number of aromatic hydroxyl groups is 1. The summed E-state index contributed by atoms with van der Waals surface area (Å²) >= 11 is 0. The SMILES string of the molecule is Cc1c(C(=O)Nc2cccc(C(=O)c3ccc4c(C=Nc5ccc(N6CCN(C)CC6)cc5)c(O)[nH]c4c3)c2)cnn1C. The fourth-order valence-electron chi connectivity index (χ4n) is 5.26. The average molecular weight is 576 g/mol. The van der Waals surface area contributed by atoms with Crippen LogP contribution in [0.3, 0.4) is 0 Å². The summed E-state index contributed by atoms with van der Waals surface area (Å²) in [5.74, 6) is -0.522. The lowest BCUT2D eigenvalue weighted by molar-refractivity contribution is 0.102. The summed E-state index contributed by atoms with van der Waals surface area (Å²) < 4.78 is 1.63. The van der Waals surface area contributed by atoms with Crippen LogP contribution in [0.2, 0.25) is 0 Å². The third kappa shape index (κ3) is 5.77. The molecule has 10 heteroatoms. The van der Waals surface area contributed by atoms with Gasteiger partial charge >= 0.3 is 0 Å². The molecule has 0 radical (unpaired) electrons. The number of H-pyrrole nitrogens is 1. The van der Waals surface area contributed by atoms with Crippen LogP contribution in [0, 0.1) is 6.92 Å². The Labute approximate surface area is 249 Å². The number of hydrogen-bond donors (Lipinski definition) is 3. The third-order valence-electron chi connectivity index (χ3n) is 8.00. The highest BCUT2D eigenvalue weighted by Gasteiger charge is 2.17. The molecule has 0 bridgehead atoms. The van der Waals surface area contributed by atoms with Gasteiger partial charge in [0.25, 0.3) is 5.91 Å². The molecule has 6 rings (SSSR count). The highest BCUT2D eigenvalue weighted by molar-refractivity contribution is 6.13. The van der Waals surface area contributed by atoms with E-state index in [2.05, 4.69) is 49.4 Å². The Morgan fingerprint density at radius 1 is 0.977 bits per heavy atom. The monoisotopic (exact) mass is 575 g/mol. The number of ketones is 1. The summed E-state index contributed by atoms with van der Waals surface area (Å²) in [6, 6.07) is 20.1. The first-order valence-corrected chi connectivity index (χ1v) is 14.1. The maximum absolute atomic E-state index is 13.4. The average Bonchev–Trinajstić information content (AvgIpc) is 3.52. The first-order chi connectivity index (χ1) is 20.8. The maximum atomic E-state index is 13.4. The summed E-state index contributed by atoms with van der Waals surface area (Å²) in [6.07, 6.45) is 3.15. The normalized spacial score (nSPS) is 14.1. The zero-order chi connectivity index (χ0) is 30.1. The Morgan fingerprint density at radius 2 is 1.72 bits per heavy atom. The third-order valence-corrected chi connectivity index (χ3v) is 8.00. The van der Waals surface area contributed by atoms with E-state index in [9.17, 15) is 14.7 Å². The number of aliphatic imine (C=N–C) groups is 1. The van der Waals surface area contributed by atoms with Crippen LogP contribution in [-0.4, -0.2) is 75.9 Å². The van der Waals surface area contributed by atoms with E-state index in [0.717, 1.165) is 42.9 Å². The van der Waals surface area contributed by atoms with E-state index < -0.39 is 0 Å². The summed E-state index contributed by atoms with van der Waals surface area (Å²) in [4.78, 5) is 38.4. The number of likely N-dealkylation sites (N-methyl/N-ethyl adjacent to an activating group) is 1. The molecule has 1 amide bonds. The minimum atomic E-state index is -0.293. The molecule has 3 N–H and O–H groups in total. The van der Waals surface area contributed by atoms with Gasteiger partial charge in [-0.25, -0.2) is 0 Å². The number of amides is 1. The first-order valence-electron chi connectivity index (χ1n) is 14.1. The molecule has 3 aromatic carbocycles. The smallest absolute Gasteiger partial charge is 0.259 e. The predicted molar refractivity (Wildman–Crippen MR) is 169 cm³/mol. The van der Waals surface area contributed by atoms with Crippen molar-refractivity contribution in [1.29, 1.82) is 0 Å². The highest BCUT2D eigenvalue weighted by atomic mass is 16.3. The van der Waals surface area contributed by atoms with Crippen molar-refractivity contribution in [3.63, 3.8) is 0 Å². The van der Waals surface area contributed by atoms with Crippen molar-refractivity contribution in [2.24, 2.45) is 12.0 Å². The minimum absolute atomic E-state index is 0.0205. The molecular weight excluding hydrogens is 542 g/mol. The van der Waals surface area contributed by atoms with Gasteiger partial charge in [-0.15, -0.1) is 0 Å². The van der Waals surface area contributed by atoms with Gasteiger partial charge in [-0.2, -0.15) is 5.10 Å². The van der Waals surface area contributed by atoms with Crippen molar-refractivity contribution in [3.8, 4) is 5.88 Å². The number of aromatic amines is 1. The molecule has 1 aliphatic heterocycles. The van der Waals surface area contributed by atoms with E-state index in [1.807, 2.05) is 19.1 Å². The van der Waals surface area contributed by atoms with E-state index in [1.54, 1.807) is 60.4 Å². The maximum Gasteiger partial charge on any atom is 0.259 e. The van der Waals surface area contributed by atoms with Crippen LogP contribution in [0.4, 0.5) is 17.1 Å². The van der Waals surface area contributed by atoms with Gasteiger partial charge in [0.05, 0.1) is 23.0 Å². The number of nitrogens with one attached hydrogen (secondary N) is 2. The predicted octanol–water partition coefficient (Wildman–Crippen LogP) is 4.90. The first kappa shape index (κ1) is 27.9. The zero-order valence-electron chi connectivity index (χ0n) is 24.3. The quantitative estimate of drug-likeness (QED) is 0.188. The second kappa shape index (κ2) is 11.6. The molecule has 0 atom stereocenters. The van der Waals surface area contributed by atoms with Crippen molar-refractivity contribution in [2.75, 3.05) is 43.4 Å². The molecule has 3 heterocycles. The molecule has 43 heavy (non-hydrogen) atoms. The molecular formula is C33H33N7O3. The van der Waals surface area contributed by atoms with Crippen LogP contribution in [-0.2, 0) is 7.05 Å². The second-order valence-corrected chi connectivity index (χ2v) is 10.8. The van der Waals surface area contributed by atoms with Crippen LogP contribution in [0.15, 0.2) is 77.9 Å². The second-order valence-electron chi connectivity index (χ2n) is 10.8. The number of nitrogens with zero attached hydrogens (tertiary/aromatic N) is 5. The molecule has 0 aliphatic carbocycles. The van der Waals surface area contributed by atoms with Gasteiger partial charge in [-0.3, -0.25) is 19.3 Å². The van der Waals surface area contributed by atoms with E-state index >= 15 is 0 Å². The van der Waals surface area contributed by atoms with Gasteiger partial charge in [0.15, 0.2) is 11.7 Å². The van der Waals surface area contributed by atoms with E-state index in [4.69, 9.17) is 0 Å². The van der Waals surface area contributed by atoms with Crippen molar-refractivity contribution >= 4 is 45.9 Å². The number of aryl methyl sites for hydroxylation is 1. The summed E-state index contributed by atoms with van der Waals surface area (Å²) in [7, 11) is 3.91. The zero-order valence-corrected chi connectivity index (χ0v) is 24.3. The molecule has 1 aliphatic rings. The van der Waals surface area contributed by atoms with Gasteiger partial charge in [0.2, 0.25) is 0 Å². The fraction of sp³-hybridized carbons (Fsp3) is 0.212. The van der Waals surface area contributed by atoms with Gasteiger partial charge in [0, 0.05) is 78.5 Å². The van der Waals surface area contributed by atoms with E-state index in [1.165, 1.54) is 11.9 Å². The molecule has 10 nitrogen and oxygen atoms in total. The number of carbonyl (C=O) groups is 2. The number of fused-ring (bicyclic) bond motifs is 1. The number of carbonyl (C=O) groups excluding carboxylic acids is 2. The molecule has 2 aromatic heterocycles. The molecule has 218 valence electrons. The number of rotatable bonds is 7. The van der Waals surface area contributed by atoms with Gasteiger partial charge in [-0.1, -0.05) is 24.3 Å². The Morgan fingerprint density at radius 3 is 2.44 bits per heavy atom. The Balaban J connectivity index is 1.17. The van der Waals surface area contributed by atoms with E-state index in [0.29, 0.717) is 33.5 Å². The molecule has 1 fully saturated rings. The van der Waals surface area contributed by atoms with Crippen molar-refractivity contribution in [3.05, 3.63) is 101 Å². The molecule has 0 unspecified atom stereocenters. The van der Waals surface area contributed by atoms with Crippen LogP contribution < -0.4 is 10.2 Å². The number of aromatic nitrogens is 3. The topological polar surface area (TPSA) is 119 Å². The summed E-state index contributed by atoms with van der Waals surface area (Å²) in [5, 5.41) is 18.4. The van der Waals surface area contributed by atoms with Crippen molar-refractivity contribution < 1.29 is 14.7 Å². The van der Waals surface area contributed by atoms with Crippen LogP contribution in [0.1, 0.15) is 37.5 Å². The number of anilines is 2. The lowest BCUT2D eigenvalue weighted by atomic mass is 10.0. The standard InChI is InChI=1S/C33H33N7O3/c1-21-28(20-35-39(21)3)32(42)36-25-6-4-5-22(17-25)31(41)23-7-12-27-29(33(43)37-30(27)18-23)19-34-24-8-10-26(11-9-24)40-15-13-38(2)14-16-40/h4-12,17-20,37,43H,13-16H2,1-3H3,(H,36,42). The molecule has 1 saturated heterocycles. The van der Waals surface area contributed by atoms with Gasteiger partial charge in [0.1, 0.15) is 0 Å². The molecule has 0 saturated carbocycles. The summed E-state index contributed by atoms with van der Waals surface area (Å²) in [5.41, 5.74) is 5.72. The minimum Gasteiger partial charge on any atom is -0.494 e. The Kier molecular flexibility index (Phi) is 7.52. The number of piperazine rings is 1. The lowest BCUT2D eigenvalue weighted by Crippen LogP contribution is -2.44. The fourth-order valence-corrected chi connectivity index (χ4v) is 5.26. The van der Waals surface area contributed by atoms with Crippen LogP contribution in [0.5, 0.6) is 5.88 Å². The molecule has 5 aromatic rings. The number of hydrogen-bond acceptors (Lipinski definition) is 7. The van der Waals surface area contributed by atoms with Crippen LogP contribution >= 0.6 is 0 Å². The Bertz CT molecular complexity index is 1840. The van der Waals surface area contributed by atoms with Crippen molar-refractivity contribution in [2.45, 2.75) is 6.92 Å². The Hall–Kier alpha value is -5.22. The van der Waals surface area contributed by atoms with Crippen molar-refractivity contribution in [1.82, 2.24) is 19.7 Å². The van der Waals surface area contributed by atoms with Crippen LogP contribution in [0.25, 0.3) is 10.9 Å².